The fourth-order valence-electron chi connectivity index (χ4n) is 2.10. The molecule has 0 atom stereocenters. The summed E-state index contributed by atoms with van der Waals surface area (Å²) in [4.78, 5) is 18.6. The second kappa shape index (κ2) is 4.66. The first kappa shape index (κ1) is 11.6. The molecule has 0 spiro atoms. The van der Waals surface area contributed by atoms with Gasteiger partial charge in [0.2, 0.25) is 4.96 Å². The van der Waals surface area contributed by atoms with Crippen LogP contribution in [-0.4, -0.2) is 40.8 Å². The second-order valence-electron chi connectivity index (χ2n) is 4.23. The van der Waals surface area contributed by atoms with Gasteiger partial charge in [-0.3, -0.25) is 4.79 Å². The van der Waals surface area contributed by atoms with Crippen LogP contribution >= 0.6 is 11.3 Å². The van der Waals surface area contributed by atoms with Gasteiger partial charge in [0.15, 0.2) is 0 Å². The molecule has 0 aromatic carbocycles. The Balaban J connectivity index is 2.13. The number of nitrogens with one attached hydrogen (secondary N) is 1. The number of anilines is 1. The number of piperazine rings is 1. The van der Waals surface area contributed by atoms with Gasteiger partial charge in [0.1, 0.15) is 10.8 Å². The quantitative estimate of drug-likeness (QED) is 0.836. The Morgan fingerprint density at radius 1 is 1.44 bits per heavy atom. The molecule has 0 bridgehead atoms. The maximum Gasteiger partial charge on any atom is 0.276 e. The molecule has 2 aromatic rings. The predicted molar refractivity (Wildman–Crippen MR) is 71.6 cm³/mol. The van der Waals surface area contributed by atoms with Crippen LogP contribution < -0.4 is 15.8 Å². The van der Waals surface area contributed by atoms with Crippen molar-refractivity contribution < 1.29 is 0 Å². The van der Waals surface area contributed by atoms with E-state index >= 15 is 0 Å². The SMILES string of the molecule is CCc1nn2c(N3CCNCC3)cc(=O)nc2s1. The zero-order chi connectivity index (χ0) is 12.5. The Morgan fingerprint density at radius 2 is 2.22 bits per heavy atom. The molecule has 1 aliphatic rings. The average molecular weight is 265 g/mol. The number of nitrogens with zero attached hydrogens (tertiary/aromatic N) is 4. The summed E-state index contributed by atoms with van der Waals surface area (Å²) in [5.74, 6) is 0.863. The summed E-state index contributed by atoms with van der Waals surface area (Å²) in [5, 5.41) is 8.82. The van der Waals surface area contributed by atoms with Gasteiger partial charge in [0.25, 0.3) is 5.56 Å². The summed E-state index contributed by atoms with van der Waals surface area (Å²) in [6.07, 6.45) is 0.864. The van der Waals surface area contributed by atoms with E-state index < -0.39 is 0 Å². The molecule has 0 aliphatic carbocycles. The predicted octanol–water partition coefficient (Wildman–Crippen LogP) is 0.123. The van der Waals surface area contributed by atoms with Crippen LogP contribution in [0.15, 0.2) is 10.9 Å². The third kappa shape index (κ3) is 1.99. The molecule has 0 unspecified atom stereocenters. The molecule has 1 fully saturated rings. The van der Waals surface area contributed by atoms with Crippen LogP contribution in [0.25, 0.3) is 4.96 Å². The highest BCUT2D eigenvalue weighted by Gasteiger charge is 2.16. The lowest BCUT2D eigenvalue weighted by Gasteiger charge is -2.28. The minimum atomic E-state index is -0.185. The highest BCUT2D eigenvalue weighted by Crippen LogP contribution is 2.19. The maximum absolute atomic E-state index is 11.7. The molecule has 0 amide bonds. The van der Waals surface area contributed by atoms with E-state index in [4.69, 9.17) is 0 Å². The molecule has 6 nitrogen and oxygen atoms in total. The van der Waals surface area contributed by atoms with E-state index in [0.29, 0.717) is 4.96 Å². The van der Waals surface area contributed by atoms with Gasteiger partial charge in [-0.1, -0.05) is 18.3 Å². The van der Waals surface area contributed by atoms with Crippen molar-refractivity contribution in [2.75, 3.05) is 31.1 Å². The van der Waals surface area contributed by atoms with Crippen LogP contribution in [0.5, 0.6) is 0 Å². The molecule has 1 aliphatic heterocycles. The van der Waals surface area contributed by atoms with Crippen LogP contribution in [0.3, 0.4) is 0 Å². The molecule has 1 saturated heterocycles. The zero-order valence-corrected chi connectivity index (χ0v) is 11.0. The van der Waals surface area contributed by atoms with Gasteiger partial charge in [-0.05, 0) is 6.42 Å². The van der Waals surface area contributed by atoms with Crippen LogP contribution in [0.2, 0.25) is 0 Å². The maximum atomic E-state index is 11.7. The molecule has 18 heavy (non-hydrogen) atoms. The summed E-state index contributed by atoms with van der Waals surface area (Å²) >= 11 is 1.49. The van der Waals surface area contributed by atoms with E-state index in [2.05, 4.69) is 27.2 Å². The van der Waals surface area contributed by atoms with E-state index in [1.54, 1.807) is 10.6 Å². The van der Waals surface area contributed by atoms with Crippen LogP contribution in [0.4, 0.5) is 5.82 Å². The fraction of sp³-hybridized carbons (Fsp3) is 0.545. The van der Waals surface area contributed by atoms with Gasteiger partial charge in [0.05, 0.1) is 0 Å². The minimum Gasteiger partial charge on any atom is -0.354 e. The van der Waals surface area contributed by atoms with Crippen molar-refractivity contribution in [3.8, 4) is 0 Å². The summed E-state index contributed by atoms with van der Waals surface area (Å²) in [6, 6.07) is 1.58. The summed E-state index contributed by atoms with van der Waals surface area (Å²) in [6.45, 7) is 5.71. The van der Waals surface area contributed by atoms with Crippen molar-refractivity contribution in [3.05, 3.63) is 21.4 Å². The van der Waals surface area contributed by atoms with Crippen LogP contribution in [0, 0.1) is 0 Å². The Kier molecular flexibility index (Phi) is 3.00. The van der Waals surface area contributed by atoms with Gasteiger partial charge in [-0.2, -0.15) is 14.6 Å². The van der Waals surface area contributed by atoms with Gasteiger partial charge in [-0.15, -0.1) is 0 Å². The van der Waals surface area contributed by atoms with Crippen LogP contribution in [-0.2, 0) is 6.42 Å². The highest BCUT2D eigenvalue weighted by molar-refractivity contribution is 7.16. The van der Waals surface area contributed by atoms with Crippen molar-refractivity contribution in [3.63, 3.8) is 0 Å². The molecular formula is C11H15N5OS. The lowest BCUT2D eigenvalue weighted by atomic mass is 10.3. The Hall–Kier alpha value is -1.47. The topological polar surface area (TPSA) is 62.5 Å². The van der Waals surface area contributed by atoms with Crippen molar-refractivity contribution in [1.82, 2.24) is 19.9 Å². The van der Waals surface area contributed by atoms with Crippen molar-refractivity contribution in [2.45, 2.75) is 13.3 Å². The molecule has 3 rings (SSSR count). The molecular weight excluding hydrogens is 250 g/mol. The van der Waals surface area contributed by atoms with Crippen molar-refractivity contribution in [1.29, 1.82) is 0 Å². The van der Waals surface area contributed by atoms with Gasteiger partial charge in [0, 0.05) is 32.2 Å². The molecule has 2 aromatic heterocycles. The minimum absolute atomic E-state index is 0.185. The highest BCUT2D eigenvalue weighted by atomic mass is 32.1. The number of aryl methyl sites for hydroxylation is 1. The molecule has 0 radical (unpaired) electrons. The van der Waals surface area contributed by atoms with Crippen LogP contribution in [0.1, 0.15) is 11.9 Å². The number of rotatable bonds is 2. The Bertz CT molecular complexity index is 613. The monoisotopic (exact) mass is 265 g/mol. The molecule has 3 heterocycles. The third-order valence-electron chi connectivity index (χ3n) is 3.02. The molecule has 1 N–H and O–H groups in total. The van der Waals surface area contributed by atoms with Crippen molar-refractivity contribution in [2.24, 2.45) is 0 Å². The molecule has 96 valence electrons. The van der Waals surface area contributed by atoms with Crippen molar-refractivity contribution >= 4 is 22.1 Å². The number of aromatic nitrogens is 3. The summed E-state index contributed by atoms with van der Waals surface area (Å²) in [7, 11) is 0. The number of hydrogen-bond acceptors (Lipinski definition) is 6. The lowest BCUT2D eigenvalue weighted by Crippen LogP contribution is -2.44. The van der Waals surface area contributed by atoms with E-state index in [1.807, 2.05) is 0 Å². The van der Waals surface area contributed by atoms with E-state index in [1.165, 1.54) is 11.3 Å². The average Bonchev–Trinajstić information content (AvgIpc) is 2.81. The van der Waals surface area contributed by atoms with Gasteiger partial charge in [-0.25, -0.2) is 0 Å². The normalized spacial score (nSPS) is 16.4. The first-order valence-electron chi connectivity index (χ1n) is 6.13. The van der Waals surface area contributed by atoms with E-state index in [9.17, 15) is 4.79 Å². The molecule has 0 saturated carbocycles. The van der Waals surface area contributed by atoms with E-state index in [0.717, 1.165) is 43.4 Å². The molecule has 7 heteroatoms. The summed E-state index contributed by atoms with van der Waals surface area (Å²) in [5.41, 5.74) is -0.185. The lowest BCUT2D eigenvalue weighted by molar-refractivity contribution is 0.579. The smallest absolute Gasteiger partial charge is 0.276 e. The largest absolute Gasteiger partial charge is 0.354 e. The standard InChI is InChI=1S/C11H15N5OS/c1-2-9-14-16-10(15-5-3-12-4-6-15)7-8(17)13-11(16)18-9/h7,12H,2-6H2,1H3. The third-order valence-corrected chi connectivity index (χ3v) is 4.07. The fourth-order valence-corrected chi connectivity index (χ4v) is 2.94. The zero-order valence-electron chi connectivity index (χ0n) is 10.2. The Labute approximate surface area is 108 Å². The number of hydrogen-bond donors (Lipinski definition) is 1. The van der Waals surface area contributed by atoms with Gasteiger partial charge < -0.3 is 10.2 Å². The Morgan fingerprint density at radius 3 is 2.94 bits per heavy atom. The first-order valence-corrected chi connectivity index (χ1v) is 6.95. The van der Waals surface area contributed by atoms with Gasteiger partial charge >= 0.3 is 0 Å². The number of fused-ring (bicyclic) bond motifs is 1. The van der Waals surface area contributed by atoms with E-state index in [-0.39, 0.29) is 5.56 Å². The second-order valence-corrected chi connectivity index (χ2v) is 5.27. The summed E-state index contributed by atoms with van der Waals surface area (Å²) < 4.78 is 1.80. The first-order chi connectivity index (χ1) is 8.78.